The van der Waals surface area contributed by atoms with Crippen LogP contribution in [0.1, 0.15) is 19.0 Å². The number of hydrogen-bond donors (Lipinski definition) is 3. The summed E-state index contributed by atoms with van der Waals surface area (Å²) in [6, 6.07) is 9.99. The number of rotatable bonds is 9. The predicted octanol–water partition coefficient (Wildman–Crippen LogP) is 2.42. The fraction of sp³-hybridized carbons (Fsp3) is 0.190. The van der Waals surface area contributed by atoms with Crippen LogP contribution in [0.15, 0.2) is 70.6 Å². The van der Waals surface area contributed by atoms with Crippen molar-refractivity contribution in [1.82, 2.24) is 14.7 Å². The van der Waals surface area contributed by atoms with E-state index >= 15 is 0 Å². The maximum Gasteiger partial charge on any atom is 0.264 e. The quantitative estimate of drug-likeness (QED) is 0.403. The molecular formula is C21H22FN5O5S2. The van der Waals surface area contributed by atoms with Gasteiger partial charge in [-0.25, -0.2) is 35.9 Å². The van der Waals surface area contributed by atoms with E-state index in [1.54, 1.807) is 19.9 Å². The largest absolute Gasteiger partial charge is 0.325 e. The first-order valence-electron chi connectivity index (χ1n) is 10.0. The van der Waals surface area contributed by atoms with E-state index in [0.717, 1.165) is 24.3 Å². The zero-order valence-corrected chi connectivity index (χ0v) is 19.8. The highest BCUT2D eigenvalue weighted by molar-refractivity contribution is 7.92. The number of carbonyl (C=O) groups excluding carboxylic acids is 1. The van der Waals surface area contributed by atoms with Crippen LogP contribution in [0, 0.1) is 12.7 Å². The Kier molecular flexibility index (Phi) is 7.59. The zero-order chi connectivity index (χ0) is 24.9. The van der Waals surface area contributed by atoms with Crippen LogP contribution in [0.3, 0.4) is 0 Å². The molecular weight excluding hydrogens is 485 g/mol. The van der Waals surface area contributed by atoms with Gasteiger partial charge in [0.25, 0.3) is 10.0 Å². The van der Waals surface area contributed by atoms with E-state index in [2.05, 4.69) is 24.7 Å². The molecule has 180 valence electrons. The molecule has 13 heteroatoms. The Morgan fingerprint density at radius 2 is 1.53 bits per heavy atom. The van der Waals surface area contributed by atoms with Gasteiger partial charge in [-0.1, -0.05) is 6.92 Å². The molecule has 3 rings (SSSR count). The monoisotopic (exact) mass is 507 g/mol. The summed E-state index contributed by atoms with van der Waals surface area (Å²) in [5.41, 5.74) is 0.849. The van der Waals surface area contributed by atoms with Crippen molar-refractivity contribution in [2.45, 2.75) is 36.1 Å². The highest BCUT2D eigenvalue weighted by atomic mass is 32.2. The van der Waals surface area contributed by atoms with E-state index in [0.29, 0.717) is 5.69 Å². The fourth-order valence-corrected chi connectivity index (χ4v) is 5.05. The second kappa shape index (κ2) is 10.2. The lowest BCUT2D eigenvalue weighted by molar-refractivity contribution is -0.117. The van der Waals surface area contributed by atoms with Gasteiger partial charge in [-0.3, -0.25) is 4.79 Å². The molecule has 1 atom stereocenters. The minimum absolute atomic E-state index is 0.0726. The van der Waals surface area contributed by atoms with Crippen LogP contribution in [0.25, 0.3) is 0 Å². The van der Waals surface area contributed by atoms with Gasteiger partial charge in [0.1, 0.15) is 11.9 Å². The normalized spacial score (nSPS) is 12.7. The lowest BCUT2D eigenvalue weighted by atomic mass is 10.2. The summed E-state index contributed by atoms with van der Waals surface area (Å²) in [5.74, 6) is -1.30. The van der Waals surface area contributed by atoms with E-state index in [9.17, 15) is 26.0 Å². The number of aromatic nitrogens is 2. The van der Waals surface area contributed by atoms with E-state index in [1.165, 1.54) is 30.5 Å². The van der Waals surface area contributed by atoms with Crippen molar-refractivity contribution < 1.29 is 26.0 Å². The van der Waals surface area contributed by atoms with Gasteiger partial charge >= 0.3 is 0 Å². The minimum Gasteiger partial charge on any atom is -0.325 e. The minimum atomic E-state index is -4.06. The molecule has 0 radical (unpaired) electrons. The van der Waals surface area contributed by atoms with E-state index in [1.807, 2.05) is 0 Å². The summed E-state index contributed by atoms with van der Waals surface area (Å²) in [7, 11) is -8.02. The molecule has 1 aromatic heterocycles. The van der Waals surface area contributed by atoms with Crippen LogP contribution in [0.2, 0.25) is 0 Å². The van der Waals surface area contributed by atoms with Crippen molar-refractivity contribution in [1.29, 1.82) is 0 Å². The topological polar surface area (TPSA) is 147 Å². The molecule has 3 aromatic rings. The second-order valence-corrected chi connectivity index (χ2v) is 10.6. The number of carbonyl (C=O) groups is 1. The van der Waals surface area contributed by atoms with E-state index in [-0.39, 0.29) is 27.8 Å². The summed E-state index contributed by atoms with van der Waals surface area (Å²) in [6.45, 7) is 3.31. The van der Waals surface area contributed by atoms with Gasteiger partial charge in [-0.2, -0.15) is 4.72 Å². The molecule has 0 aliphatic heterocycles. The summed E-state index contributed by atoms with van der Waals surface area (Å²) < 4.78 is 67.7. The van der Waals surface area contributed by atoms with Crippen molar-refractivity contribution in [2.24, 2.45) is 0 Å². The lowest BCUT2D eigenvalue weighted by Gasteiger charge is -2.17. The number of amides is 1. The number of nitrogens with one attached hydrogen (secondary N) is 3. The molecule has 2 aromatic carbocycles. The average Bonchev–Trinajstić information content (AvgIpc) is 2.78. The van der Waals surface area contributed by atoms with Crippen molar-refractivity contribution in [3.05, 3.63) is 72.3 Å². The smallest absolute Gasteiger partial charge is 0.264 e. The standard InChI is InChI=1S/C21H22FN5O5S2/c1-3-19(26-33(29,30)17-8-4-15(22)5-9-17)20(28)25-16-6-10-18(11-7-16)34(31,32)27-21-23-13-12-14(2)24-21/h4-13,19,26H,3H2,1-2H3,(H,25,28)(H,23,24,27). The lowest BCUT2D eigenvalue weighted by Crippen LogP contribution is -2.43. The number of anilines is 2. The van der Waals surface area contributed by atoms with E-state index in [4.69, 9.17) is 0 Å². The first-order chi connectivity index (χ1) is 16.0. The third kappa shape index (κ3) is 6.34. The number of nitrogens with zero attached hydrogens (tertiary/aromatic N) is 2. The third-order valence-corrected chi connectivity index (χ3v) is 7.43. The number of sulfonamides is 2. The Hall–Kier alpha value is -3.42. The van der Waals surface area contributed by atoms with Crippen molar-refractivity contribution in [3.63, 3.8) is 0 Å². The van der Waals surface area contributed by atoms with Gasteiger partial charge in [-0.05, 0) is 67.9 Å². The Bertz CT molecular complexity index is 1380. The molecule has 0 fully saturated rings. The molecule has 1 unspecified atom stereocenters. The van der Waals surface area contributed by atoms with Crippen LogP contribution in [0.5, 0.6) is 0 Å². The summed E-state index contributed by atoms with van der Waals surface area (Å²) in [6.07, 6.45) is 1.56. The third-order valence-electron chi connectivity index (χ3n) is 4.60. The maximum atomic E-state index is 13.1. The van der Waals surface area contributed by atoms with Crippen LogP contribution in [0.4, 0.5) is 16.0 Å². The Morgan fingerprint density at radius 3 is 2.12 bits per heavy atom. The van der Waals surface area contributed by atoms with Crippen LogP contribution in [-0.2, 0) is 24.8 Å². The van der Waals surface area contributed by atoms with E-state index < -0.39 is 37.8 Å². The Labute approximate surface area is 196 Å². The predicted molar refractivity (Wildman–Crippen MR) is 123 cm³/mol. The van der Waals surface area contributed by atoms with Gasteiger partial charge in [0.15, 0.2) is 0 Å². The molecule has 0 saturated heterocycles. The molecule has 10 nitrogen and oxygen atoms in total. The highest BCUT2D eigenvalue weighted by Gasteiger charge is 2.25. The summed E-state index contributed by atoms with van der Waals surface area (Å²) in [4.78, 5) is 20.2. The summed E-state index contributed by atoms with van der Waals surface area (Å²) in [5, 5.41) is 2.55. The molecule has 34 heavy (non-hydrogen) atoms. The molecule has 0 bridgehead atoms. The molecule has 1 amide bonds. The fourth-order valence-electron chi connectivity index (χ4n) is 2.82. The number of benzene rings is 2. The SMILES string of the molecule is CCC(NS(=O)(=O)c1ccc(F)cc1)C(=O)Nc1ccc(S(=O)(=O)Nc2nccc(C)n2)cc1. The summed E-state index contributed by atoms with van der Waals surface area (Å²) >= 11 is 0. The molecule has 0 saturated carbocycles. The second-order valence-electron chi connectivity index (χ2n) is 7.18. The number of hydrogen-bond acceptors (Lipinski definition) is 7. The highest BCUT2D eigenvalue weighted by Crippen LogP contribution is 2.18. The molecule has 0 spiro atoms. The average molecular weight is 508 g/mol. The number of aryl methyl sites for hydroxylation is 1. The van der Waals surface area contributed by atoms with Crippen molar-refractivity contribution >= 4 is 37.6 Å². The number of halogens is 1. The van der Waals surface area contributed by atoms with Crippen molar-refractivity contribution in [2.75, 3.05) is 10.0 Å². The Balaban J connectivity index is 1.68. The first-order valence-corrected chi connectivity index (χ1v) is 13.0. The van der Waals surface area contributed by atoms with Crippen LogP contribution < -0.4 is 14.8 Å². The van der Waals surface area contributed by atoms with Gasteiger partial charge in [0.2, 0.25) is 21.9 Å². The maximum absolute atomic E-state index is 13.1. The molecule has 0 aliphatic rings. The van der Waals surface area contributed by atoms with Crippen LogP contribution in [-0.4, -0.2) is 38.8 Å². The van der Waals surface area contributed by atoms with Crippen LogP contribution >= 0.6 is 0 Å². The molecule has 0 aliphatic carbocycles. The first kappa shape index (κ1) is 25.2. The van der Waals surface area contributed by atoms with Gasteiger partial charge in [-0.15, -0.1) is 0 Å². The molecule has 1 heterocycles. The molecule has 3 N–H and O–H groups in total. The van der Waals surface area contributed by atoms with Gasteiger partial charge < -0.3 is 5.32 Å². The van der Waals surface area contributed by atoms with Crippen molar-refractivity contribution in [3.8, 4) is 0 Å². The zero-order valence-electron chi connectivity index (χ0n) is 18.2. The van der Waals surface area contributed by atoms with Gasteiger partial charge in [0.05, 0.1) is 9.79 Å². The van der Waals surface area contributed by atoms with Gasteiger partial charge in [0, 0.05) is 17.6 Å². The Morgan fingerprint density at radius 1 is 0.941 bits per heavy atom.